The summed E-state index contributed by atoms with van der Waals surface area (Å²) in [7, 11) is -2.10. The molecule has 3 aliphatic rings. The summed E-state index contributed by atoms with van der Waals surface area (Å²) in [6.07, 6.45) is 9.92. The molecule has 4 heterocycles. The smallest absolute Gasteiger partial charge is 0.280 e. The monoisotopic (exact) mass is 664 g/mol. The first-order valence-electron chi connectivity index (χ1n) is 17.3. The third kappa shape index (κ3) is 5.15. The lowest BCUT2D eigenvalue weighted by Crippen LogP contribution is -2.43. The largest absolute Gasteiger partial charge is 0.320 e. The molecule has 0 amide bonds. The van der Waals surface area contributed by atoms with Gasteiger partial charge in [-0.1, -0.05) is 43.7 Å². The van der Waals surface area contributed by atoms with Crippen molar-refractivity contribution in [3.8, 4) is 5.69 Å². The van der Waals surface area contributed by atoms with Crippen molar-refractivity contribution in [1.29, 1.82) is 0 Å². The zero-order chi connectivity index (χ0) is 33.4. The van der Waals surface area contributed by atoms with Crippen molar-refractivity contribution < 1.29 is 8.42 Å². The molecular weight excluding hydrogens is 621 g/mol. The quantitative estimate of drug-likeness (QED) is 0.194. The number of hydrogen-bond donors (Lipinski definition) is 0. The van der Waals surface area contributed by atoms with E-state index in [2.05, 4.69) is 41.1 Å². The highest BCUT2D eigenvalue weighted by Crippen LogP contribution is 2.52. The number of aryl methyl sites for hydroxylation is 2. The highest BCUT2D eigenvalue weighted by Gasteiger charge is 2.48. The lowest BCUT2D eigenvalue weighted by Gasteiger charge is -2.46. The topological polar surface area (TPSA) is 95.0 Å². The average molecular weight is 665 g/mol. The predicted octanol–water partition coefficient (Wildman–Crippen LogP) is 6.29. The molecule has 250 valence electrons. The van der Waals surface area contributed by atoms with Crippen molar-refractivity contribution in [2.45, 2.75) is 82.1 Å². The van der Waals surface area contributed by atoms with Crippen LogP contribution in [-0.2, 0) is 29.0 Å². The van der Waals surface area contributed by atoms with Crippen LogP contribution in [0.4, 0.5) is 0 Å². The van der Waals surface area contributed by atoms with Gasteiger partial charge in [-0.25, -0.2) is 12.4 Å². The minimum Gasteiger partial charge on any atom is -0.320 e. The van der Waals surface area contributed by atoms with Gasteiger partial charge in [-0.3, -0.25) is 14.3 Å². The molecule has 8 rings (SSSR count). The van der Waals surface area contributed by atoms with E-state index in [1.807, 2.05) is 55.1 Å². The molecule has 5 aromatic rings. The van der Waals surface area contributed by atoms with Crippen LogP contribution in [0.15, 0.2) is 76.8 Å². The van der Waals surface area contributed by atoms with Gasteiger partial charge in [0.05, 0.1) is 10.3 Å². The average Bonchev–Trinajstić information content (AvgIpc) is 3.68. The molecule has 0 unspecified atom stereocenters. The second-order valence-electron chi connectivity index (χ2n) is 14.9. The number of likely N-dealkylation sites (tertiary alicyclic amines) is 1. The minimum absolute atomic E-state index is 0.188. The van der Waals surface area contributed by atoms with Crippen molar-refractivity contribution >= 4 is 20.9 Å². The molecule has 1 atom stereocenters. The molecule has 0 spiro atoms. The van der Waals surface area contributed by atoms with Crippen LogP contribution in [0.3, 0.4) is 0 Å². The lowest BCUT2D eigenvalue weighted by atomic mass is 9.58. The van der Waals surface area contributed by atoms with E-state index in [-0.39, 0.29) is 21.4 Å². The van der Waals surface area contributed by atoms with E-state index in [9.17, 15) is 13.2 Å². The molecule has 48 heavy (non-hydrogen) atoms. The number of rotatable bonds is 8. The third-order valence-electron chi connectivity index (χ3n) is 10.9. The van der Waals surface area contributed by atoms with Gasteiger partial charge >= 0.3 is 0 Å². The summed E-state index contributed by atoms with van der Waals surface area (Å²) in [4.78, 5) is 17.4. The summed E-state index contributed by atoms with van der Waals surface area (Å²) in [6, 6.07) is 17.1. The number of hydrogen-bond acceptors (Lipinski definition) is 6. The molecule has 1 saturated heterocycles. The predicted molar refractivity (Wildman–Crippen MR) is 187 cm³/mol. The Morgan fingerprint density at radius 1 is 0.979 bits per heavy atom. The molecule has 9 nitrogen and oxygen atoms in total. The van der Waals surface area contributed by atoms with Crippen molar-refractivity contribution in [2.75, 3.05) is 13.1 Å². The van der Waals surface area contributed by atoms with Gasteiger partial charge in [0.2, 0.25) is 0 Å². The van der Waals surface area contributed by atoms with Gasteiger partial charge in [-0.2, -0.15) is 0 Å². The fraction of sp³-hybridized carbons (Fsp3) is 0.447. The molecule has 2 aromatic carbocycles. The van der Waals surface area contributed by atoms with E-state index in [1.54, 1.807) is 23.0 Å². The van der Waals surface area contributed by atoms with Gasteiger partial charge in [-0.15, -0.1) is 10.2 Å². The first kappa shape index (κ1) is 31.3. The molecule has 3 fully saturated rings. The number of fused-ring (bicyclic) bond motifs is 1. The standard InChI is InChI=1S/C38H44N6O3S/c1-25-10-14-32(15-11-25)48(46,47)44-31(22-42-16-6-7-26(2)21-42)18-33-34(28-12-13-28)23-43(36(45)35(33)44)30-9-5-8-29(17-30)38(19-27(3)20-38)37-40-39-24-41(37)4/h5,8-11,14-15,17-18,23-24,26-28H,6-7,12-13,16,19-22H2,1-4H3/t26-,27?,38?/m0/s1. The van der Waals surface area contributed by atoms with Gasteiger partial charge in [0.15, 0.2) is 0 Å². The van der Waals surface area contributed by atoms with Crippen molar-refractivity contribution in [3.63, 3.8) is 0 Å². The van der Waals surface area contributed by atoms with Gasteiger partial charge < -0.3 is 4.57 Å². The zero-order valence-electron chi connectivity index (χ0n) is 28.3. The summed E-state index contributed by atoms with van der Waals surface area (Å²) in [5, 5.41) is 9.48. The van der Waals surface area contributed by atoms with Crippen molar-refractivity contribution in [2.24, 2.45) is 18.9 Å². The van der Waals surface area contributed by atoms with Gasteiger partial charge in [0.1, 0.15) is 17.7 Å². The Kier molecular flexibility index (Phi) is 7.52. The summed E-state index contributed by atoms with van der Waals surface area (Å²) < 4.78 is 34.4. The first-order chi connectivity index (χ1) is 23.0. The second-order valence-corrected chi connectivity index (χ2v) is 16.7. The Morgan fingerprint density at radius 2 is 1.75 bits per heavy atom. The first-order valence-corrected chi connectivity index (χ1v) is 18.8. The third-order valence-corrected chi connectivity index (χ3v) is 12.7. The second kappa shape index (κ2) is 11.6. The van der Waals surface area contributed by atoms with Crippen LogP contribution < -0.4 is 5.56 Å². The number of benzene rings is 2. The van der Waals surface area contributed by atoms with Gasteiger partial charge in [0.25, 0.3) is 15.6 Å². The molecule has 0 N–H and O–H groups in total. The van der Waals surface area contributed by atoms with E-state index in [0.29, 0.717) is 30.0 Å². The Morgan fingerprint density at radius 3 is 2.42 bits per heavy atom. The molecule has 3 aromatic heterocycles. The lowest BCUT2D eigenvalue weighted by molar-refractivity contribution is 0.174. The van der Waals surface area contributed by atoms with Gasteiger partial charge in [0, 0.05) is 43.1 Å². The molecule has 2 saturated carbocycles. The Balaban J connectivity index is 1.34. The fourth-order valence-corrected chi connectivity index (χ4v) is 10.00. The summed E-state index contributed by atoms with van der Waals surface area (Å²) >= 11 is 0. The normalized spacial score (nSPS) is 23.4. The van der Waals surface area contributed by atoms with E-state index >= 15 is 0 Å². The van der Waals surface area contributed by atoms with Crippen LogP contribution in [0.1, 0.15) is 86.5 Å². The molecule has 10 heteroatoms. The summed E-state index contributed by atoms with van der Waals surface area (Å²) in [6.45, 7) is 8.74. The maximum atomic E-state index is 14.9. The summed E-state index contributed by atoms with van der Waals surface area (Å²) in [5.74, 6) is 2.30. The van der Waals surface area contributed by atoms with Crippen molar-refractivity contribution in [1.82, 2.24) is 28.2 Å². The Labute approximate surface area is 282 Å². The van der Waals surface area contributed by atoms with E-state index in [0.717, 1.165) is 78.8 Å². The highest BCUT2D eigenvalue weighted by molar-refractivity contribution is 7.90. The van der Waals surface area contributed by atoms with Crippen LogP contribution in [0.5, 0.6) is 0 Å². The minimum atomic E-state index is -4.09. The summed E-state index contributed by atoms with van der Waals surface area (Å²) in [5.41, 5.74) is 4.12. The van der Waals surface area contributed by atoms with E-state index in [4.69, 9.17) is 0 Å². The number of piperidine rings is 1. The maximum Gasteiger partial charge on any atom is 0.280 e. The van der Waals surface area contributed by atoms with E-state index < -0.39 is 10.0 Å². The fourth-order valence-electron chi connectivity index (χ4n) is 8.47. The van der Waals surface area contributed by atoms with Crippen LogP contribution in [-0.4, -0.2) is 49.7 Å². The molecular formula is C38H44N6O3S. The van der Waals surface area contributed by atoms with Gasteiger partial charge in [-0.05, 0) is 111 Å². The maximum absolute atomic E-state index is 14.9. The number of pyridine rings is 1. The highest BCUT2D eigenvalue weighted by atomic mass is 32.2. The molecule has 0 radical (unpaired) electrons. The SMILES string of the molecule is Cc1ccc(S(=O)(=O)n2c(CN3CCC[C@H](C)C3)cc3c(C4CC4)cn(-c4cccc(C5(c6nncn6C)CC(C)C5)c4)c(=O)c32)cc1. The molecule has 0 bridgehead atoms. The Hall–Kier alpha value is -4.02. The van der Waals surface area contributed by atoms with Crippen LogP contribution >= 0.6 is 0 Å². The molecule has 1 aliphatic heterocycles. The number of aromatic nitrogens is 5. The number of nitrogens with zero attached hydrogens (tertiary/aromatic N) is 6. The van der Waals surface area contributed by atoms with Crippen LogP contribution in [0, 0.1) is 18.8 Å². The van der Waals surface area contributed by atoms with E-state index in [1.165, 1.54) is 10.4 Å². The van der Waals surface area contributed by atoms with Crippen molar-refractivity contribution in [3.05, 3.63) is 106 Å². The molecule has 2 aliphatic carbocycles. The zero-order valence-corrected chi connectivity index (χ0v) is 29.1. The van der Waals surface area contributed by atoms with Crippen LogP contribution in [0.2, 0.25) is 0 Å². The van der Waals surface area contributed by atoms with Crippen LogP contribution in [0.25, 0.3) is 16.6 Å². The Bertz CT molecular complexity index is 2190.